The van der Waals surface area contributed by atoms with Crippen molar-refractivity contribution in [2.75, 3.05) is 0 Å². The van der Waals surface area contributed by atoms with Crippen molar-refractivity contribution in [1.82, 2.24) is 0 Å². The molecule has 0 saturated carbocycles. The maximum absolute atomic E-state index is 10.5. The molecule has 3 rings (SSSR count). The molecular formula is C18H15ClN2O4. The van der Waals surface area contributed by atoms with E-state index in [1.807, 2.05) is 12.1 Å². The van der Waals surface area contributed by atoms with Gasteiger partial charge in [0.25, 0.3) is 0 Å². The van der Waals surface area contributed by atoms with Crippen LogP contribution in [0.15, 0.2) is 83.9 Å². The molecule has 0 aromatic heterocycles. The summed E-state index contributed by atoms with van der Waals surface area (Å²) in [5, 5.41) is 21.0. The van der Waals surface area contributed by atoms with Gasteiger partial charge in [0.05, 0.1) is 11.1 Å². The van der Waals surface area contributed by atoms with Gasteiger partial charge in [-0.3, -0.25) is 20.2 Å². The topological polar surface area (TPSA) is 86.3 Å². The van der Waals surface area contributed by atoms with Gasteiger partial charge in [0.2, 0.25) is 0 Å². The van der Waals surface area contributed by atoms with Gasteiger partial charge in [0.15, 0.2) is 0 Å². The minimum absolute atomic E-state index is 0.0136. The van der Waals surface area contributed by atoms with E-state index in [0.717, 1.165) is 6.08 Å². The van der Waals surface area contributed by atoms with Crippen LogP contribution in [-0.2, 0) is 0 Å². The molecule has 1 aliphatic carbocycles. The van der Waals surface area contributed by atoms with E-state index in [1.54, 1.807) is 0 Å². The van der Waals surface area contributed by atoms with Crippen LogP contribution in [-0.4, -0.2) is 15.5 Å². The predicted octanol–water partition coefficient (Wildman–Crippen LogP) is 4.67. The average molecular weight is 359 g/mol. The van der Waals surface area contributed by atoms with E-state index >= 15 is 0 Å². The smallest absolute Gasteiger partial charge is 0.258 e. The molecule has 128 valence electrons. The number of nitrogens with zero attached hydrogens (tertiary/aromatic N) is 2. The van der Waals surface area contributed by atoms with Gasteiger partial charge in [-0.2, -0.15) is 0 Å². The Hall–Kier alpha value is -2.99. The molecule has 2 aromatic rings. The molecule has 1 aliphatic rings. The fourth-order valence-corrected chi connectivity index (χ4v) is 2.52. The Bertz CT molecular complexity index is 753. The number of hydrogen-bond acceptors (Lipinski definition) is 4. The number of hydrogen-bond donors (Lipinski definition) is 0. The Balaban J connectivity index is 0.000000181. The summed E-state index contributed by atoms with van der Waals surface area (Å²) in [6.07, 6.45) is 3.28. The molecule has 0 radical (unpaired) electrons. The molecule has 7 heteroatoms. The lowest BCUT2D eigenvalue weighted by Gasteiger charge is -2.14. The van der Waals surface area contributed by atoms with Crippen LogP contribution < -0.4 is 0 Å². The highest BCUT2D eigenvalue weighted by molar-refractivity contribution is 6.31. The number of nitro groups is 2. The maximum Gasteiger partial charge on any atom is 0.482 e. The van der Waals surface area contributed by atoms with Crippen molar-refractivity contribution in [2.45, 2.75) is 12.1 Å². The Morgan fingerprint density at radius 2 is 1.28 bits per heavy atom. The van der Waals surface area contributed by atoms with Gasteiger partial charge in [-0.1, -0.05) is 78.3 Å². The standard InChI is InChI=1S/C12H10.C6H5ClN2O4/c1-3-7-11(8-4-1)12-9-5-2-6-10-12;7-5-2-1-3-6(4-5,8(10)11)9(12)13/h1-10H;1-2,4H,3H2. The van der Waals surface area contributed by atoms with Gasteiger partial charge in [-0.15, -0.1) is 0 Å². The zero-order valence-electron chi connectivity index (χ0n) is 13.1. The molecule has 0 bridgehead atoms. The zero-order chi connectivity index (χ0) is 18.3. The van der Waals surface area contributed by atoms with E-state index in [1.165, 1.54) is 23.3 Å². The van der Waals surface area contributed by atoms with Gasteiger partial charge in [0.1, 0.15) is 16.3 Å². The van der Waals surface area contributed by atoms with Gasteiger partial charge < -0.3 is 0 Å². The second-order valence-corrected chi connectivity index (χ2v) is 5.70. The summed E-state index contributed by atoms with van der Waals surface area (Å²) < 4.78 is 0. The second kappa shape index (κ2) is 8.21. The van der Waals surface area contributed by atoms with Crippen LogP contribution in [0.5, 0.6) is 0 Å². The van der Waals surface area contributed by atoms with E-state index < -0.39 is 15.5 Å². The van der Waals surface area contributed by atoms with Crippen LogP contribution in [0.25, 0.3) is 11.1 Å². The third-order valence-corrected chi connectivity index (χ3v) is 3.81. The maximum atomic E-state index is 10.5. The first kappa shape index (κ1) is 18.4. The van der Waals surface area contributed by atoms with E-state index in [2.05, 4.69) is 48.5 Å². The number of benzene rings is 2. The predicted molar refractivity (Wildman–Crippen MR) is 96.3 cm³/mol. The molecule has 0 heterocycles. The summed E-state index contributed by atoms with van der Waals surface area (Å²) in [5.41, 5.74) is 0.266. The molecule has 0 N–H and O–H groups in total. The van der Waals surface area contributed by atoms with Gasteiger partial charge >= 0.3 is 5.66 Å². The molecule has 0 spiro atoms. The normalized spacial score (nSPS) is 14.7. The van der Waals surface area contributed by atoms with Crippen LogP contribution in [0.2, 0.25) is 0 Å². The molecule has 0 atom stereocenters. The van der Waals surface area contributed by atoms with Crippen molar-refractivity contribution >= 4 is 11.6 Å². The first-order chi connectivity index (χ1) is 12.0. The van der Waals surface area contributed by atoms with Crippen molar-refractivity contribution in [3.05, 3.63) is 104 Å². The fourth-order valence-electron chi connectivity index (χ4n) is 2.26. The van der Waals surface area contributed by atoms with Crippen molar-refractivity contribution in [1.29, 1.82) is 0 Å². The SMILES string of the molecule is O=[N+]([O-])C1([N+](=O)[O-])C=C(Cl)C=CC1.c1ccc(-c2ccccc2)cc1. The molecule has 0 aliphatic heterocycles. The highest BCUT2D eigenvalue weighted by Gasteiger charge is 2.54. The third-order valence-electron chi connectivity index (χ3n) is 3.58. The third kappa shape index (κ3) is 4.51. The lowest BCUT2D eigenvalue weighted by Crippen LogP contribution is -2.44. The molecule has 0 saturated heterocycles. The lowest BCUT2D eigenvalue weighted by molar-refractivity contribution is -0.780. The van der Waals surface area contributed by atoms with Crippen molar-refractivity contribution in [2.24, 2.45) is 0 Å². The van der Waals surface area contributed by atoms with Crippen LogP contribution in [0.3, 0.4) is 0 Å². The Kier molecular flexibility index (Phi) is 6.03. The number of rotatable bonds is 3. The molecule has 25 heavy (non-hydrogen) atoms. The molecule has 2 aromatic carbocycles. The van der Waals surface area contributed by atoms with Crippen LogP contribution in [0.1, 0.15) is 6.42 Å². The molecule has 0 unspecified atom stereocenters. The van der Waals surface area contributed by atoms with Gasteiger partial charge in [-0.05, 0) is 17.2 Å². The minimum Gasteiger partial charge on any atom is -0.258 e. The average Bonchev–Trinajstić information content (AvgIpc) is 2.63. The summed E-state index contributed by atoms with van der Waals surface area (Å²) in [6, 6.07) is 20.8. The minimum atomic E-state index is -2.29. The lowest BCUT2D eigenvalue weighted by atomic mass is 10.0. The van der Waals surface area contributed by atoms with Crippen LogP contribution in [0.4, 0.5) is 0 Å². The monoisotopic (exact) mass is 358 g/mol. The summed E-state index contributed by atoms with van der Waals surface area (Å²) in [7, 11) is 0. The van der Waals surface area contributed by atoms with Crippen molar-refractivity contribution < 1.29 is 9.85 Å². The first-order valence-corrected chi connectivity index (χ1v) is 7.78. The van der Waals surface area contributed by atoms with E-state index in [-0.39, 0.29) is 11.5 Å². The van der Waals surface area contributed by atoms with Gasteiger partial charge in [0, 0.05) is 0 Å². The highest BCUT2D eigenvalue weighted by atomic mass is 35.5. The summed E-state index contributed by atoms with van der Waals surface area (Å²) in [5.74, 6) is 0. The number of halogens is 1. The molecule has 6 nitrogen and oxygen atoms in total. The van der Waals surface area contributed by atoms with Gasteiger partial charge in [-0.25, -0.2) is 0 Å². The van der Waals surface area contributed by atoms with Crippen molar-refractivity contribution in [3.63, 3.8) is 0 Å². The van der Waals surface area contributed by atoms with Crippen LogP contribution >= 0.6 is 11.6 Å². The summed E-state index contributed by atoms with van der Waals surface area (Å²) in [4.78, 5) is 19.1. The Labute approximate surface area is 149 Å². The molecular weight excluding hydrogens is 344 g/mol. The fraction of sp³-hybridized carbons (Fsp3) is 0.111. The highest BCUT2D eigenvalue weighted by Crippen LogP contribution is 2.26. The number of allylic oxidation sites excluding steroid dienone is 2. The molecule has 0 amide bonds. The Morgan fingerprint density at radius 3 is 1.60 bits per heavy atom. The van der Waals surface area contributed by atoms with Crippen molar-refractivity contribution in [3.8, 4) is 11.1 Å². The quantitative estimate of drug-likeness (QED) is 0.453. The van der Waals surface area contributed by atoms with Crippen LogP contribution in [0, 0.1) is 20.2 Å². The summed E-state index contributed by atoms with van der Waals surface area (Å²) >= 11 is 5.45. The first-order valence-electron chi connectivity index (χ1n) is 7.40. The second-order valence-electron chi connectivity index (χ2n) is 5.26. The van der Waals surface area contributed by atoms with E-state index in [4.69, 9.17) is 11.6 Å². The Morgan fingerprint density at radius 1 is 0.840 bits per heavy atom. The molecule has 0 fully saturated rings. The van der Waals surface area contributed by atoms with E-state index in [0.29, 0.717) is 0 Å². The zero-order valence-corrected chi connectivity index (χ0v) is 13.9. The largest absolute Gasteiger partial charge is 0.482 e. The van der Waals surface area contributed by atoms with E-state index in [9.17, 15) is 20.2 Å². The summed E-state index contributed by atoms with van der Waals surface area (Å²) in [6.45, 7) is 0.